The molecule has 2 unspecified atom stereocenters. The maximum absolute atomic E-state index is 13.0. The highest BCUT2D eigenvalue weighted by molar-refractivity contribution is 8.00. The summed E-state index contributed by atoms with van der Waals surface area (Å²) in [7, 11) is 0. The van der Waals surface area contributed by atoms with Crippen molar-refractivity contribution in [3.05, 3.63) is 11.1 Å². The number of aromatic nitrogens is 1. The molecule has 0 bridgehead atoms. The van der Waals surface area contributed by atoms with Crippen LogP contribution in [0.3, 0.4) is 0 Å². The van der Waals surface area contributed by atoms with Crippen molar-refractivity contribution < 1.29 is 42.3 Å². The van der Waals surface area contributed by atoms with E-state index in [0.29, 0.717) is 22.8 Å². The van der Waals surface area contributed by atoms with Crippen LogP contribution in [0.4, 0.5) is 18.3 Å². The highest BCUT2D eigenvalue weighted by Crippen LogP contribution is 2.42. The molecule has 3 amide bonds. The fourth-order valence-electron chi connectivity index (χ4n) is 3.26. The van der Waals surface area contributed by atoms with Gasteiger partial charge in [-0.05, 0) is 6.92 Å². The van der Waals surface area contributed by atoms with Gasteiger partial charge in [0, 0.05) is 29.2 Å². The highest BCUT2D eigenvalue weighted by Gasteiger charge is 2.56. The quantitative estimate of drug-likeness (QED) is 0.255. The minimum Gasteiger partial charge on any atom is -0.481 e. The summed E-state index contributed by atoms with van der Waals surface area (Å²) in [5, 5.41) is 17.7. The van der Waals surface area contributed by atoms with Gasteiger partial charge >= 0.3 is 18.1 Å². The molecule has 1 aromatic heterocycles. The van der Waals surface area contributed by atoms with Gasteiger partial charge in [0.15, 0.2) is 10.8 Å². The Labute approximate surface area is 208 Å². The summed E-state index contributed by atoms with van der Waals surface area (Å²) in [6.07, 6.45) is -5.37. The van der Waals surface area contributed by atoms with Crippen LogP contribution in [0.25, 0.3) is 0 Å². The second kappa shape index (κ2) is 9.50. The number of carbonyl (C=O) groups is 4. The second-order valence-electron chi connectivity index (χ2n) is 8.18. The number of nitrogens with one attached hydrogen (secondary N) is 2. The molecule has 3 aliphatic heterocycles. The molecule has 3 fully saturated rings. The number of carboxylic acid groups (broad SMARTS) is 1. The Morgan fingerprint density at radius 2 is 2.06 bits per heavy atom. The lowest BCUT2D eigenvalue weighted by atomic mass is 9.89. The summed E-state index contributed by atoms with van der Waals surface area (Å²) >= 11 is 3.47. The van der Waals surface area contributed by atoms with Gasteiger partial charge in [-0.15, -0.1) is 23.1 Å². The standard InChI is InChI=1S/C18H18F3N5O6S3/c1-17(15(30)31)5-26-12(28)10(13(26)35-6-17)23-11(27)9(25-32-7-2-33-3-7)8-4-34-16(22-8)24-14(29)18(19,20)21/h4,7,10,13H,2-3,5-6H2,1H3,(H,23,27)(H,30,31)(H,22,24,29)/t10?,13-,17?/m1/s1. The van der Waals surface area contributed by atoms with E-state index in [1.165, 1.54) is 29.0 Å². The number of hydrogen-bond acceptors (Lipinski definition) is 10. The highest BCUT2D eigenvalue weighted by atomic mass is 32.2. The van der Waals surface area contributed by atoms with Crippen LogP contribution in [0.5, 0.6) is 0 Å². The minimum atomic E-state index is -5.12. The van der Waals surface area contributed by atoms with E-state index in [1.807, 2.05) is 0 Å². The zero-order valence-corrected chi connectivity index (χ0v) is 20.3. The Morgan fingerprint density at radius 1 is 1.34 bits per heavy atom. The first-order chi connectivity index (χ1) is 16.4. The molecule has 190 valence electrons. The molecule has 3 N–H and O–H groups in total. The monoisotopic (exact) mass is 553 g/mol. The van der Waals surface area contributed by atoms with Gasteiger partial charge in [0.1, 0.15) is 23.2 Å². The van der Waals surface area contributed by atoms with Crippen LogP contribution < -0.4 is 10.6 Å². The number of thioether (sulfide) groups is 2. The summed E-state index contributed by atoms with van der Waals surface area (Å²) in [6, 6.07) is -0.946. The predicted octanol–water partition coefficient (Wildman–Crippen LogP) is 0.971. The molecule has 0 radical (unpaired) electrons. The Kier molecular flexibility index (Phi) is 6.93. The van der Waals surface area contributed by atoms with Gasteiger partial charge in [0.25, 0.3) is 5.91 Å². The van der Waals surface area contributed by atoms with E-state index < -0.39 is 51.8 Å². The molecule has 0 aromatic carbocycles. The van der Waals surface area contributed by atoms with Crippen molar-refractivity contribution in [3.63, 3.8) is 0 Å². The molecule has 3 atom stereocenters. The molecule has 0 spiro atoms. The number of carbonyl (C=O) groups excluding carboxylic acids is 3. The van der Waals surface area contributed by atoms with E-state index in [9.17, 15) is 37.5 Å². The molecule has 11 nitrogen and oxygen atoms in total. The van der Waals surface area contributed by atoms with Crippen LogP contribution in [-0.4, -0.2) is 91.9 Å². The lowest BCUT2D eigenvalue weighted by molar-refractivity contribution is -0.167. The van der Waals surface area contributed by atoms with Gasteiger partial charge in [-0.1, -0.05) is 5.16 Å². The Balaban J connectivity index is 1.47. The van der Waals surface area contributed by atoms with E-state index in [1.54, 1.807) is 17.1 Å². The third-order valence-corrected chi connectivity index (χ3v) is 9.02. The summed E-state index contributed by atoms with van der Waals surface area (Å²) in [5.74, 6) is -3.04. The van der Waals surface area contributed by atoms with E-state index in [4.69, 9.17) is 4.84 Å². The molecule has 35 heavy (non-hydrogen) atoms. The number of rotatable bonds is 7. The van der Waals surface area contributed by atoms with Crippen LogP contribution in [0.15, 0.2) is 10.5 Å². The number of hydrogen-bond donors (Lipinski definition) is 3. The Morgan fingerprint density at radius 3 is 2.66 bits per heavy atom. The molecule has 17 heteroatoms. The smallest absolute Gasteiger partial charge is 0.471 e. The molecule has 4 heterocycles. The molecule has 0 aliphatic carbocycles. The predicted molar refractivity (Wildman–Crippen MR) is 121 cm³/mol. The number of carboxylic acids is 1. The fraction of sp³-hybridized carbons (Fsp3) is 0.556. The molecular formula is C18H18F3N5O6S3. The van der Waals surface area contributed by atoms with Gasteiger partial charge in [-0.2, -0.15) is 24.9 Å². The van der Waals surface area contributed by atoms with Gasteiger partial charge < -0.3 is 20.2 Å². The third kappa shape index (κ3) is 5.20. The van der Waals surface area contributed by atoms with E-state index in [2.05, 4.69) is 15.5 Å². The van der Waals surface area contributed by atoms with Crippen molar-refractivity contribution in [1.82, 2.24) is 15.2 Å². The topological polar surface area (TPSA) is 150 Å². The molecule has 0 saturated carbocycles. The normalized spacial score (nSPS) is 26.8. The lowest BCUT2D eigenvalue weighted by Crippen LogP contribution is -2.73. The second-order valence-corrected chi connectivity index (χ2v) is 11.2. The maximum atomic E-state index is 13.0. The van der Waals surface area contributed by atoms with E-state index in [-0.39, 0.29) is 29.8 Å². The maximum Gasteiger partial charge on any atom is 0.471 e. The average molecular weight is 554 g/mol. The first-order valence-electron chi connectivity index (χ1n) is 10.0. The van der Waals surface area contributed by atoms with Crippen molar-refractivity contribution in [3.8, 4) is 0 Å². The first kappa shape index (κ1) is 25.6. The van der Waals surface area contributed by atoms with Crippen LogP contribution in [0, 0.1) is 5.41 Å². The lowest BCUT2D eigenvalue weighted by Gasteiger charge is -2.53. The SMILES string of the molecule is CC1(C(=O)O)CS[C@@H]2C(NC(=O)C(=NOC3CSC3)c3csc(NC(=O)C(F)(F)F)n3)C(=O)N2C1. The number of fused-ring (bicyclic) bond motifs is 1. The molecular weight excluding hydrogens is 535 g/mol. The van der Waals surface area contributed by atoms with E-state index in [0.717, 1.165) is 0 Å². The first-order valence-corrected chi connectivity index (χ1v) is 13.1. The largest absolute Gasteiger partial charge is 0.481 e. The molecule has 1 aromatic rings. The van der Waals surface area contributed by atoms with Crippen molar-refractivity contribution in [2.24, 2.45) is 10.6 Å². The summed E-state index contributed by atoms with van der Waals surface area (Å²) in [6.45, 7) is 1.54. The van der Waals surface area contributed by atoms with Crippen molar-refractivity contribution in [1.29, 1.82) is 0 Å². The van der Waals surface area contributed by atoms with Crippen LogP contribution >= 0.6 is 34.9 Å². The number of anilines is 1. The number of amides is 3. The van der Waals surface area contributed by atoms with Crippen molar-refractivity contribution in [2.75, 3.05) is 29.1 Å². The van der Waals surface area contributed by atoms with Gasteiger partial charge in [0.05, 0.1) is 5.41 Å². The summed E-state index contributed by atoms with van der Waals surface area (Å²) in [5.41, 5.74) is -1.62. The zero-order chi connectivity index (χ0) is 25.5. The third-order valence-electron chi connectivity index (χ3n) is 5.38. The van der Waals surface area contributed by atoms with Crippen LogP contribution in [0.1, 0.15) is 12.6 Å². The fourth-order valence-corrected chi connectivity index (χ4v) is 5.98. The Bertz CT molecular complexity index is 1090. The number of thiazole rings is 1. The van der Waals surface area contributed by atoms with Crippen molar-refractivity contribution in [2.45, 2.75) is 30.6 Å². The number of nitrogens with zero attached hydrogens (tertiary/aromatic N) is 3. The summed E-state index contributed by atoms with van der Waals surface area (Å²) < 4.78 is 37.6. The number of alkyl halides is 3. The number of oxime groups is 1. The van der Waals surface area contributed by atoms with Gasteiger partial charge in [0.2, 0.25) is 5.91 Å². The van der Waals surface area contributed by atoms with Crippen LogP contribution in [0.2, 0.25) is 0 Å². The summed E-state index contributed by atoms with van der Waals surface area (Å²) in [4.78, 5) is 58.8. The number of aliphatic carboxylic acids is 1. The Hall–Kier alpha value is -2.53. The zero-order valence-electron chi connectivity index (χ0n) is 17.8. The molecule has 3 saturated heterocycles. The average Bonchev–Trinajstić information content (AvgIpc) is 3.20. The molecule has 4 rings (SSSR count). The minimum absolute atomic E-state index is 0.00293. The van der Waals surface area contributed by atoms with Crippen LogP contribution in [-0.2, 0) is 24.0 Å². The number of halogens is 3. The van der Waals surface area contributed by atoms with E-state index >= 15 is 0 Å². The number of β-lactam (4-membered cyclic amide) rings is 1. The van der Waals surface area contributed by atoms with Gasteiger partial charge in [-0.3, -0.25) is 24.5 Å². The van der Waals surface area contributed by atoms with Gasteiger partial charge in [-0.25, -0.2) is 4.98 Å². The molecule has 3 aliphatic rings. The van der Waals surface area contributed by atoms with Crippen molar-refractivity contribution >= 4 is 69.4 Å².